The molecule has 0 saturated carbocycles. The first-order valence-electron chi connectivity index (χ1n) is 9.65. The highest BCUT2D eigenvalue weighted by molar-refractivity contribution is 7.98. The number of thioether (sulfide) groups is 1. The topological polar surface area (TPSA) is 3.24 Å². The summed E-state index contributed by atoms with van der Waals surface area (Å²) in [4.78, 5) is 3.81. The summed E-state index contributed by atoms with van der Waals surface area (Å²) in [5, 5.41) is 0. The fraction of sp³-hybridized carbons (Fsp3) is 0.280. The van der Waals surface area contributed by atoms with Gasteiger partial charge in [0.25, 0.3) is 0 Å². The molecule has 2 heteroatoms. The van der Waals surface area contributed by atoms with E-state index < -0.39 is 0 Å². The molecule has 0 fully saturated rings. The van der Waals surface area contributed by atoms with Crippen LogP contribution < -0.4 is 0 Å². The Morgan fingerprint density at radius 2 is 1.78 bits per heavy atom. The summed E-state index contributed by atoms with van der Waals surface area (Å²) in [6, 6.07) is 24.6. The largest absolute Gasteiger partial charge is 0.301 e. The van der Waals surface area contributed by atoms with E-state index in [1.54, 1.807) is 0 Å². The van der Waals surface area contributed by atoms with Gasteiger partial charge in [-0.05, 0) is 60.8 Å². The summed E-state index contributed by atoms with van der Waals surface area (Å²) >= 11 is 1.93. The van der Waals surface area contributed by atoms with Crippen LogP contribution in [0, 0.1) is 13.8 Å². The molecule has 0 bridgehead atoms. The summed E-state index contributed by atoms with van der Waals surface area (Å²) in [5.74, 6) is 1.47. The third kappa shape index (κ3) is 4.12. The van der Waals surface area contributed by atoms with E-state index >= 15 is 0 Å². The van der Waals surface area contributed by atoms with Crippen molar-refractivity contribution < 1.29 is 0 Å². The van der Waals surface area contributed by atoms with Crippen LogP contribution in [0.5, 0.6) is 0 Å². The van der Waals surface area contributed by atoms with Gasteiger partial charge in [0.15, 0.2) is 0 Å². The lowest BCUT2D eigenvalue weighted by Gasteiger charge is -2.34. The van der Waals surface area contributed by atoms with Crippen molar-refractivity contribution in [1.82, 2.24) is 4.90 Å². The van der Waals surface area contributed by atoms with Gasteiger partial charge in [-0.1, -0.05) is 60.2 Å². The van der Waals surface area contributed by atoms with E-state index in [1.165, 1.54) is 38.3 Å². The van der Waals surface area contributed by atoms with Crippen LogP contribution >= 0.6 is 11.8 Å². The maximum absolute atomic E-state index is 2.46. The molecule has 1 aliphatic heterocycles. The Balaban J connectivity index is 1.62. The molecule has 0 radical (unpaired) electrons. The Kier molecular flexibility index (Phi) is 5.38. The van der Waals surface area contributed by atoms with Crippen LogP contribution in [0.25, 0.3) is 0 Å². The number of aryl methyl sites for hydroxylation is 2. The summed E-state index contributed by atoms with van der Waals surface area (Å²) in [5.41, 5.74) is 8.65. The first-order valence-corrected chi connectivity index (χ1v) is 10.6. The molecule has 27 heavy (non-hydrogen) atoms. The van der Waals surface area contributed by atoms with Crippen molar-refractivity contribution in [3.05, 3.63) is 100 Å². The van der Waals surface area contributed by atoms with Gasteiger partial charge in [-0.25, -0.2) is 0 Å². The molecule has 1 heterocycles. The Morgan fingerprint density at radius 3 is 2.59 bits per heavy atom. The van der Waals surface area contributed by atoms with Gasteiger partial charge in [-0.3, -0.25) is 0 Å². The molecule has 1 nitrogen and oxygen atoms in total. The van der Waals surface area contributed by atoms with E-state index in [0.29, 0.717) is 5.92 Å². The van der Waals surface area contributed by atoms with Gasteiger partial charge in [0.1, 0.15) is 0 Å². The number of rotatable bonds is 4. The van der Waals surface area contributed by atoms with E-state index in [9.17, 15) is 0 Å². The average molecular weight is 374 g/mol. The number of likely N-dealkylation sites (N-methyl/N-ethyl adjacent to an activating group) is 1. The fourth-order valence-electron chi connectivity index (χ4n) is 4.15. The minimum absolute atomic E-state index is 0.453. The molecule has 0 spiro atoms. The molecule has 3 aromatic carbocycles. The third-order valence-corrected chi connectivity index (χ3v) is 6.52. The zero-order chi connectivity index (χ0) is 18.8. The average Bonchev–Trinajstić information content (AvgIpc) is 2.67. The van der Waals surface area contributed by atoms with Crippen molar-refractivity contribution in [2.45, 2.75) is 37.0 Å². The van der Waals surface area contributed by atoms with Gasteiger partial charge in [-0.2, -0.15) is 0 Å². The molecule has 0 saturated heterocycles. The second-order valence-electron chi connectivity index (χ2n) is 7.75. The molecule has 3 aromatic rings. The Hall–Kier alpha value is -2.03. The summed E-state index contributed by atoms with van der Waals surface area (Å²) in [7, 11) is 2.24. The van der Waals surface area contributed by atoms with Crippen molar-refractivity contribution in [2.75, 3.05) is 13.6 Å². The number of benzene rings is 3. The minimum Gasteiger partial charge on any atom is -0.301 e. The third-order valence-electron chi connectivity index (χ3n) is 5.46. The van der Waals surface area contributed by atoms with Crippen molar-refractivity contribution in [2.24, 2.45) is 0 Å². The van der Waals surface area contributed by atoms with Crippen molar-refractivity contribution in [3.8, 4) is 0 Å². The molecule has 0 aromatic heterocycles. The molecule has 0 aliphatic carbocycles. The number of fused-ring (bicyclic) bond motifs is 1. The molecule has 0 amide bonds. The smallest absolute Gasteiger partial charge is 0.0236 e. The van der Waals surface area contributed by atoms with Gasteiger partial charge >= 0.3 is 0 Å². The Labute approximate surface area is 167 Å². The quantitative estimate of drug-likeness (QED) is 0.503. The maximum atomic E-state index is 2.46. The molecular weight excluding hydrogens is 346 g/mol. The second-order valence-corrected chi connectivity index (χ2v) is 8.79. The summed E-state index contributed by atoms with van der Waals surface area (Å²) < 4.78 is 0. The first-order chi connectivity index (χ1) is 13.1. The number of hydrogen-bond acceptors (Lipinski definition) is 2. The van der Waals surface area contributed by atoms with Crippen LogP contribution in [0.15, 0.2) is 71.6 Å². The molecule has 1 unspecified atom stereocenters. The molecular formula is C25H27NS. The lowest BCUT2D eigenvalue weighted by Crippen LogP contribution is -2.31. The SMILES string of the molecule is Cc1cc(C)c2c(c1)C(c1cccc(SCc3ccccc3)c1)CN(C)C2. The zero-order valence-corrected chi connectivity index (χ0v) is 17.2. The minimum atomic E-state index is 0.453. The van der Waals surface area contributed by atoms with Gasteiger partial charge in [-0.15, -0.1) is 11.8 Å². The van der Waals surface area contributed by atoms with Gasteiger partial charge in [0.2, 0.25) is 0 Å². The molecule has 0 N–H and O–H groups in total. The van der Waals surface area contributed by atoms with Crippen LogP contribution in [0.2, 0.25) is 0 Å². The lowest BCUT2D eigenvalue weighted by molar-refractivity contribution is 0.294. The van der Waals surface area contributed by atoms with E-state index in [0.717, 1.165) is 18.8 Å². The molecule has 1 aliphatic rings. The predicted octanol–water partition coefficient (Wildman–Crippen LogP) is 6.17. The summed E-state index contributed by atoms with van der Waals surface area (Å²) in [6.45, 7) is 6.62. The maximum Gasteiger partial charge on any atom is 0.0236 e. The highest BCUT2D eigenvalue weighted by Crippen LogP contribution is 2.36. The van der Waals surface area contributed by atoms with Crippen LogP contribution in [-0.4, -0.2) is 18.5 Å². The van der Waals surface area contributed by atoms with E-state index in [4.69, 9.17) is 0 Å². The van der Waals surface area contributed by atoms with E-state index in [2.05, 4.69) is 92.5 Å². The van der Waals surface area contributed by atoms with Gasteiger partial charge < -0.3 is 4.90 Å². The lowest BCUT2D eigenvalue weighted by atomic mass is 9.82. The van der Waals surface area contributed by atoms with Crippen LogP contribution in [-0.2, 0) is 12.3 Å². The summed E-state index contributed by atoms with van der Waals surface area (Å²) in [6.07, 6.45) is 0. The van der Waals surface area contributed by atoms with Crippen molar-refractivity contribution >= 4 is 11.8 Å². The molecule has 1 atom stereocenters. The Bertz CT molecular complexity index is 932. The Morgan fingerprint density at radius 1 is 0.963 bits per heavy atom. The highest BCUT2D eigenvalue weighted by Gasteiger charge is 2.26. The highest BCUT2D eigenvalue weighted by atomic mass is 32.2. The fourth-order valence-corrected chi connectivity index (χ4v) is 5.07. The standard InChI is InChI=1S/C25H27NS/c1-18-12-19(2)24-15-26(3)16-25(23(24)13-18)21-10-7-11-22(14-21)27-17-20-8-5-4-6-9-20/h4-14,25H,15-17H2,1-3H3. The van der Waals surface area contributed by atoms with Crippen LogP contribution in [0.3, 0.4) is 0 Å². The molecule has 138 valence electrons. The second kappa shape index (κ2) is 7.92. The predicted molar refractivity (Wildman–Crippen MR) is 117 cm³/mol. The van der Waals surface area contributed by atoms with E-state index in [1.807, 2.05) is 11.8 Å². The van der Waals surface area contributed by atoms with Crippen LogP contribution in [0.1, 0.15) is 39.3 Å². The van der Waals surface area contributed by atoms with Gasteiger partial charge in [0, 0.05) is 29.7 Å². The zero-order valence-electron chi connectivity index (χ0n) is 16.4. The molecule has 4 rings (SSSR count). The monoisotopic (exact) mass is 373 g/mol. The van der Waals surface area contributed by atoms with Crippen molar-refractivity contribution in [1.29, 1.82) is 0 Å². The number of hydrogen-bond donors (Lipinski definition) is 0. The van der Waals surface area contributed by atoms with Crippen molar-refractivity contribution in [3.63, 3.8) is 0 Å². The van der Waals surface area contributed by atoms with Gasteiger partial charge in [0.05, 0.1) is 0 Å². The number of nitrogens with zero attached hydrogens (tertiary/aromatic N) is 1. The first kappa shape index (κ1) is 18.3. The normalized spacial score (nSPS) is 16.9. The van der Waals surface area contributed by atoms with E-state index in [-0.39, 0.29) is 0 Å². The van der Waals surface area contributed by atoms with Crippen LogP contribution in [0.4, 0.5) is 0 Å².